The molecule has 0 bridgehead atoms. The Morgan fingerprint density at radius 2 is 1.45 bits per heavy atom. The Hall–Kier alpha value is -2.34. The van der Waals surface area contributed by atoms with Crippen molar-refractivity contribution in [2.75, 3.05) is 0 Å². The van der Waals surface area contributed by atoms with E-state index in [0.717, 1.165) is 11.1 Å². The van der Waals surface area contributed by atoms with Crippen LogP contribution in [0.4, 0.5) is 0 Å². The first kappa shape index (κ1) is 16.0. The van der Waals surface area contributed by atoms with Gasteiger partial charge in [-0.1, -0.05) is 66.8 Å². The van der Waals surface area contributed by atoms with E-state index in [2.05, 4.69) is 82.5 Å². The van der Waals surface area contributed by atoms with Gasteiger partial charge in [-0.15, -0.1) is 0 Å². The van der Waals surface area contributed by atoms with E-state index in [1.807, 2.05) is 6.92 Å². The minimum atomic E-state index is 1.09. The van der Waals surface area contributed by atoms with Crippen LogP contribution in [0, 0.1) is 0 Å². The summed E-state index contributed by atoms with van der Waals surface area (Å²) in [5.41, 5.74) is 7.11. The van der Waals surface area contributed by atoms with E-state index in [0.29, 0.717) is 0 Å². The molecule has 0 nitrogen and oxygen atoms in total. The highest BCUT2D eigenvalue weighted by Crippen LogP contribution is 2.20. The van der Waals surface area contributed by atoms with Crippen molar-refractivity contribution in [3.05, 3.63) is 77.2 Å². The van der Waals surface area contributed by atoms with Crippen LogP contribution < -0.4 is 10.4 Å². The molecule has 0 atom stereocenters. The molecule has 0 saturated carbocycles. The summed E-state index contributed by atoms with van der Waals surface area (Å²) in [6, 6.07) is 15.2. The Morgan fingerprint density at radius 1 is 0.864 bits per heavy atom. The van der Waals surface area contributed by atoms with Crippen molar-refractivity contribution in [3.8, 4) is 11.1 Å². The van der Waals surface area contributed by atoms with Crippen molar-refractivity contribution in [1.82, 2.24) is 0 Å². The zero-order chi connectivity index (χ0) is 16.3. The Kier molecular flexibility index (Phi) is 4.82. The van der Waals surface area contributed by atoms with Crippen LogP contribution in [0.2, 0.25) is 0 Å². The summed E-state index contributed by atoms with van der Waals surface area (Å²) in [4.78, 5) is 0. The van der Waals surface area contributed by atoms with Crippen LogP contribution in [0.1, 0.15) is 33.3 Å². The van der Waals surface area contributed by atoms with E-state index in [-0.39, 0.29) is 0 Å². The van der Waals surface area contributed by atoms with Gasteiger partial charge in [-0.25, -0.2) is 0 Å². The first-order chi connectivity index (χ1) is 10.4. The number of hydrogen-bond donors (Lipinski definition) is 0. The van der Waals surface area contributed by atoms with Gasteiger partial charge >= 0.3 is 0 Å². The molecule has 0 heteroatoms. The van der Waals surface area contributed by atoms with E-state index < -0.39 is 0 Å². The zero-order valence-electron chi connectivity index (χ0n) is 14.0. The quantitative estimate of drug-likeness (QED) is 0.751. The molecule has 0 radical (unpaired) electrons. The molecule has 0 unspecified atom stereocenters. The van der Waals surface area contributed by atoms with Gasteiger partial charge in [0.2, 0.25) is 0 Å². The lowest BCUT2D eigenvalue weighted by molar-refractivity contribution is 1.41. The van der Waals surface area contributed by atoms with Gasteiger partial charge in [-0.2, -0.15) is 0 Å². The lowest BCUT2D eigenvalue weighted by Gasteiger charge is -2.06. The second kappa shape index (κ2) is 6.62. The van der Waals surface area contributed by atoms with Crippen LogP contribution in [0.25, 0.3) is 28.3 Å². The number of benzene rings is 2. The minimum Gasteiger partial charge on any atom is -0.0958 e. The Labute approximate surface area is 133 Å². The third-order valence-electron chi connectivity index (χ3n) is 4.12. The first-order valence-corrected chi connectivity index (χ1v) is 7.63. The number of allylic oxidation sites excluding steroid dienone is 2. The normalized spacial score (nSPS) is 13.0. The van der Waals surface area contributed by atoms with Crippen LogP contribution in [0.5, 0.6) is 0 Å². The van der Waals surface area contributed by atoms with Crippen LogP contribution >= 0.6 is 0 Å². The Bertz CT molecular complexity index is 831. The van der Waals surface area contributed by atoms with E-state index in [9.17, 15) is 0 Å². The summed E-state index contributed by atoms with van der Waals surface area (Å²) in [6.07, 6.45) is 2.16. The minimum absolute atomic E-state index is 1.09. The molecule has 0 saturated heterocycles. The molecule has 0 amide bonds. The van der Waals surface area contributed by atoms with Crippen molar-refractivity contribution in [1.29, 1.82) is 0 Å². The predicted octanol–water partition coefficient (Wildman–Crippen LogP) is 4.93. The summed E-state index contributed by atoms with van der Waals surface area (Å²) in [6.45, 7) is 16.3. The van der Waals surface area contributed by atoms with Crippen molar-refractivity contribution >= 4 is 17.2 Å². The average molecular weight is 288 g/mol. The SMILES string of the molecule is C=C(C)/C(C)=c1\ccc(-c2ccc(C(=C)C)cc2)c\c1=C\C. The lowest BCUT2D eigenvalue weighted by Crippen LogP contribution is -2.26. The highest BCUT2D eigenvalue weighted by Gasteiger charge is 2.01. The fourth-order valence-corrected chi connectivity index (χ4v) is 2.50. The molecule has 2 aromatic rings. The van der Waals surface area contributed by atoms with Crippen LogP contribution in [-0.2, 0) is 0 Å². The number of hydrogen-bond acceptors (Lipinski definition) is 0. The van der Waals surface area contributed by atoms with Crippen molar-refractivity contribution < 1.29 is 0 Å². The van der Waals surface area contributed by atoms with Crippen LogP contribution in [0.3, 0.4) is 0 Å². The molecule has 2 rings (SSSR count). The largest absolute Gasteiger partial charge is 0.0958 e. The molecule has 0 fully saturated rings. The van der Waals surface area contributed by atoms with E-state index in [4.69, 9.17) is 0 Å². The third-order valence-corrected chi connectivity index (χ3v) is 4.12. The molecule has 0 aromatic heterocycles. The van der Waals surface area contributed by atoms with Gasteiger partial charge in [0, 0.05) is 0 Å². The Morgan fingerprint density at radius 3 is 1.95 bits per heavy atom. The van der Waals surface area contributed by atoms with E-state index >= 15 is 0 Å². The smallest absolute Gasteiger partial charge is 0.0155 e. The molecule has 0 spiro atoms. The predicted molar refractivity (Wildman–Crippen MR) is 99.9 cm³/mol. The van der Waals surface area contributed by atoms with Gasteiger partial charge in [0.05, 0.1) is 0 Å². The highest BCUT2D eigenvalue weighted by atomic mass is 14.1. The molecule has 22 heavy (non-hydrogen) atoms. The van der Waals surface area contributed by atoms with Crippen LogP contribution in [0.15, 0.2) is 61.2 Å². The standard InChI is InChI=1S/C22H24/c1-7-18-14-21(12-13-22(18)17(6)15(2)3)20-10-8-19(9-11-20)16(4)5/h7-14H,2,4H2,1,3,5-6H3/b18-7-,22-17+. The molecule has 0 N–H and O–H groups in total. The van der Waals surface area contributed by atoms with Crippen molar-refractivity contribution in [2.45, 2.75) is 27.7 Å². The summed E-state index contributed by atoms with van der Waals surface area (Å²) in [5, 5.41) is 2.51. The zero-order valence-corrected chi connectivity index (χ0v) is 14.0. The summed E-state index contributed by atoms with van der Waals surface area (Å²) < 4.78 is 0. The van der Waals surface area contributed by atoms with Crippen LogP contribution in [-0.4, -0.2) is 0 Å². The fourth-order valence-electron chi connectivity index (χ4n) is 2.50. The summed E-state index contributed by atoms with van der Waals surface area (Å²) >= 11 is 0. The number of rotatable bonds is 3. The average Bonchev–Trinajstić information content (AvgIpc) is 2.53. The molecule has 0 aliphatic rings. The monoisotopic (exact) mass is 288 g/mol. The molecule has 0 aliphatic carbocycles. The van der Waals surface area contributed by atoms with E-state index in [1.165, 1.54) is 32.7 Å². The van der Waals surface area contributed by atoms with Gasteiger partial charge in [-0.05, 0) is 66.5 Å². The van der Waals surface area contributed by atoms with Gasteiger partial charge in [0.25, 0.3) is 0 Å². The molecular weight excluding hydrogens is 264 g/mol. The van der Waals surface area contributed by atoms with Gasteiger partial charge in [0.1, 0.15) is 0 Å². The molecule has 0 aliphatic heterocycles. The third kappa shape index (κ3) is 3.28. The second-order valence-electron chi connectivity index (χ2n) is 5.85. The van der Waals surface area contributed by atoms with E-state index in [1.54, 1.807) is 0 Å². The van der Waals surface area contributed by atoms with Gasteiger partial charge < -0.3 is 0 Å². The summed E-state index contributed by atoms with van der Waals surface area (Å²) in [5.74, 6) is 0. The second-order valence-corrected chi connectivity index (χ2v) is 5.85. The lowest BCUT2D eigenvalue weighted by atomic mass is 9.98. The van der Waals surface area contributed by atoms with Gasteiger partial charge in [-0.3, -0.25) is 0 Å². The van der Waals surface area contributed by atoms with Crippen molar-refractivity contribution in [2.24, 2.45) is 0 Å². The maximum absolute atomic E-state index is 4.05. The molecule has 2 aromatic carbocycles. The maximum atomic E-state index is 4.05. The highest BCUT2D eigenvalue weighted by molar-refractivity contribution is 5.69. The van der Waals surface area contributed by atoms with Crippen molar-refractivity contribution in [3.63, 3.8) is 0 Å². The summed E-state index contributed by atoms with van der Waals surface area (Å²) in [7, 11) is 0. The maximum Gasteiger partial charge on any atom is -0.0155 e. The first-order valence-electron chi connectivity index (χ1n) is 7.63. The fraction of sp³-hybridized carbons (Fsp3) is 0.182. The Balaban J connectivity index is 2.58. The van der Waals surface area contributed by atoms with Gasteiger partial charge in [0.15, 0.2) is 0 Å². The molecule has 0 heterocycles. The molecular formula is C22H24. The topological polar surface area (TPSA) is 0 Å². The molecule has 112 valence electrons.